The molecule has 2 nitrogen and oxygen atoms in total. The van der Waals surface area contributed by atoms with Crippen LogP contribution in [0.15, 0.2) is 24.4 Å². The Morgan fingerprint density at radius 1 is 1.35 bits per heavy atom. The third kappa shape index (κ3) is 2.90. The van der Waals surface area contributed by atoms with Crippen LogP contribution in [0.5, 0.6) is 0 Å². The largest absolute Gasteiger partial charge is 0.350 e. The van der Waals surface area contributed by atoms with E-state index in [0.29, 0.717) is 17.4 Å². The van der Waals surface area contributed by atoms with E-state index in [4.69, 9.17) is 11.6 Å². The van der Waals surface area contributed by atoms with Crippen molar-refractivity contribution in [3.05, 3.63) is 35.0 Å². The maximum atomic E-state index is 12.6. The van der Waals surface area contributed by atoms with E-state index in [1.807, 2.05) is 36.0 Å². The highest BCUT2D eigenvalue weighted by Gasteiger charge is 2.24. The number of aryl methyl sites for hydroxylation is 1. The molecule has 2 aromatic rings. The Labute approximate surface area is 125 Å². The van der Waals surface area contributed by atoms with Gasteiger partial charge in [0, 0.05) is 41.2 Å². The Bertz CT molecular complexity index is 649. The molecular formula is C17H22ClNO. The maximum absolute atomic E-state index is 12.6. The minimum Gasteiger partial charge on any atom is -0.350 e. The zero-order valence-corrected chi connectivity index (χ0v) is 13.6. The number of aromatic nitrogens is 1. The molecule has 0 spiro atoms. The summed E-state index contributed by atoms with van der Waals surface area (Å²) in [5.41, 5.74) is 1.95. The first kappa shape index (κ1) is 15.1. The molecule has 0 bridgehead atoms. The molecule has 0 aliphatic carbocycles. The summed E-state index contributed by atoms with van der Waals surface area (Å²) in [6.07, 6.45) is 2.49. The minimum atomic E-state index is 0.142. The highest BCUT2D eigenvalue weighted by molar-refractivity contribution is 6.31. The lowest BCUT2D eigenvalue weighted by Crippen LogP contribution is -2.20. The molecule has 0 fully saturated rings. The molecule has 0 aliphatic heterocycles. The molecule has 20 heavy (non-hydrogen) atoms. The topological polar surface area (TPSA) is 22.0 Å². The number of halogens is 1. The van der Waals surface area contributed by atoms with Gasteiger partial charge in [-0.1, -0.05) is 45.4 Å². The lowest BCUT2D eigenvalue weighted by atomic mass is 9.78. The predicted octanol–water partition coefficient (Wildman–Crippen LogP) is 5.09. The zero-order chi connectivity index (χ0) is 15.1. The number of Topliss-reactive ketones (excluding diaryl/α,β-unsaturated/α-hetero) is 1. The molecule has 1 unspecified atom stereocenters. The summed E-state index contributed by atoms with van der Waals surface area (Å²) < 4.78 is 1.97. The average Bonchev–Trinajstić information content (AvgIpc) is 2.65. The van der Waals surface area contributed by atoms with Gasteiger partial charge in [0.05, 0.1) is 0 Å². The number of hydrogen-bond donors (Lipinski definition) is 0. The van der Waals surface area contributed by atoms with E-state index in [2.05, 4.69) is 27.7 Å². The van der Waals surface area contributed by atoms with Crippen LogP contribution in [0.3, 0.4) is 0 Å². The van der Waals surface area contributed by atoms with Crippen molar-refractivity contribution < 1.29 is 4.79 Å². The SMILES string of the molecule is CC(CC(=O)c1cn(C)c2cc(Cl)ccc12)C(C)(C)C. The molecule has 0 saturated heterocycles. The molecule has 1 heterocycles. The summed E-state index contributed by atoms with van der Waals surface area (Å²) in [4.78, 5) is 12.6. The van der Waals surface area contributed by atoms with Gasteiger partial charge in [-0.3, -0.25) is 4.79 Å². The van der Waals surface area contributed by atoms with Crippen LogP contribution in [0.2, 0.25) is 5.02 Å². The van der Waals surface area contributed by atoms with Crippen LogP contribution < -0.4 is 0 Å². The molecule has 0 radical (unpaired) electrons. The molecule has 108 valence electrons. The van der Waals surface area contributed by atoms with Gasteiger partial charge < -0.3 is 4.57 Å². The molecule has 2 rings (SSSR count). The Hall–Kier alpha value is -1.28. The van der Waals surface area contributed by atoms with E-state index < -0.39 is 0 Å². The molecule has 1 aromatic carbocycles. The number of hydrogen-bond acceptors (Lipinski definition) is 1. The number of carbonyl (C=O) groups is 1. The van der Waals surface area contributed by atoms with Crippen molar-refractivity contribution in [2.24, 2.45) is 18.4 Å². The van der Waals surface area contributed by atoms with Gasteiger partial charge in [0.15, 0.2) is 5.78 Å². The molecule has 1 atom stereocenters. The molecule has 1 aromatic heterocycles. The number of nitrogens with zero attached hydrogens (tertiary/aromatic N) is 1. The van der Waals surface area contributed by atoms with Crippen LogP contribution in [0.25, 0.3) is 10.9 Å². The highest BCUT2D eigenvalue weighted by Crippen LogP contribution is 2.31. The summed E-state index contributed by atoms with van der Waals surface area (Å²) >= 11 is 6.03. The van der Waals surface area contributed by atoms with E-state index in [0.717, 1.165) is 16.5 Å². The Morgan fingerprint density at radius 2 is 2.00 bits per heavy atom. The number of fused-ring (bicyclic) bond motifs is 1. The van der Waals surface area contributed by atoms with Gasteiger partial charge in [-0.05, 0) is 23.5 Å². The minimum absolute atomic E-state index is 0.142. The summed E-state index contributed by atoms with van der Waals surface area (Å²) in [5.74, 6) is 0.554. The maximum Gasteiger partial charge on any atom is 0.165 e. The molecule has 3 heteroatoms. The first-order valence-corrected chi connectivity index (χ1v) is 7.35. The second-order valence-corrected chi connectivity index (χ2v) is 7.15. The second kappa shape index (κ2) is 5.25. The van der Waals surface area contributed by atoms with Crippen molar-refractivity contribution in [1.82, 2.24) is 4.57 Å². The van der Waals surface area contributed by atoms with Crippen LogP contribution in [-0.2, 0) is 7.05 Å². The quantitative estimate of drug-likeness (QED) is 0.722. The summed E-state index contributed by atoms with van der Waals surface area (Å²) in [6, 6.07) is 5.68. The van der Waals surface area contributed by atoms with E-state index >= 15 is 0 Å². The van der Waals surface area contributed by atoms with E-state index in [1.54, 1.807) is 0 Å². The van der Waals surface area contributed by atoms with E-state index in [-0.39, 0.29) is 11.2 Å². The Kier molecular flexibility index (Phi) is 3.97. The zero-order valence-electron chi connectivity index (χ0n) is 12.8. The van der Waals surface area contributed by atoms with Gasteiger partial charge in [-0.15, -0.1) is 0 Å². The fourth-order valence-corrected chi connectivity index (χ4v) is 2.44. The molecular weight excluding hydrogens is 270 g/mol. The number of benzene rings is 1. The molecule has 0 aliphatic rings. The Balaban J connectivity index is 2.36. The normalized spacial score (nSPS) is 13.7. The monoisotopic (exact) mass is 291 g/mol. The number of carbonyl (C=O) groups excluding carboxylic acids is 1. The van der Waals surface area contributed by atoms with Gasteiger partial charge in [-0.25, -0.2) is 0 Å². The van der Waals surface area contributed by atoms with Crippen LogP contribution >= 0.6 is 11.6 Å². The van der Waals surface area contributed by atoms with E-state index in [1.165, 1.54) is 0 Å². The smallest absolute Gasteiger partial charge is 0.165 e. The van der Waals surface area contributed by atoms with Crippen molar-refractivity contribution in [2.75, 3.05) is 0 Å². The standard InChI is InChI=1S/C17H22ClNO/c1-11(17(2,3)4)8-16(20)14-10-19(5)15-9-12(18)6-7-13(14)15/h6-7,9-11H,8H2,1-5H3. The van der Waals surface area contributed by atoms with Crippen molar-refractivity contribution in [3.63, 3.8) is 0 Å². The third-order valence-corrected chi connectivity index (χ3v) is 4.46. The first-order valence-electron chi connectivity index (χ1n) is 6.98. The first-order chi connectivity index (χ1) is 9.20. The van der Waals surface area contributed by atoms with Gasteiger partial charge in [0.2, 0.25) is 0 Å². The van der Waals surface area contributed by atoms with Crippen molar-refractivity contribution >= 4 is 28.3 Å². The average molecular weight is 292 g/mol. The number of ketones is 1. The lowest BCUT2D eigenvalue weighted by Gasteiger charge is -2.26. The van der Waals surface area contributed by atoms with E-state index in [9.17, 15) is 4.79 Å². The number of rotatable bonds is 3. The van der Waals surface area contributed by atoms with Crippen LogP contribution in [0.1, 0.15) is 44.5 Å². The lowest BCUT2D eigenvalue weighted by molar-refractivity contribution is 0.0928. The van der Waals surface area contributed by atoms with Gasteiger partial charge in [0.1, 0.15) is 0 Å². The van der Waals surface area contributed by atoms with Crippen molar-refractivity contribution in [1.29, 1.82) is 0 Å². The fraction of sp³-hybridized carbons (Fsp3) is 0.471. The summed E-state index contributed by atoms with van der Waals surface area (Å²) in [7, 11) is 1.95. The highest BCUT2D eigenvalue weighted by atomic mass is 35.5. The molecule has 0 amide bonds. The summed E-state index contributed by atoms with van der Waals surface area (Å²) in [5, 5.41) is 1.68. The molecule has 0 saturated carbocycles. The predicted molar refractivity (Wildman–Crippen MR) is 85.5 cm³/mol. The van der Waals surface area contributed by atoms with Crippen LogP contribution in [0, 0.1) is 11.3 Å². The van der Waals surface area contributed by atoms with Gasteiger partial charge in [-0.2, -0.15) is 0 Å². The van der Waals surface area contributed by atoms with Gasteiger partial charge in [0.25, 0.3) is 0 Å². The van der Waals surface area contributed by atoms with Crippen molar-refractivity contribution in [3.8, 4) is 0 Å². The van der Waals surface area contributed by atoms with Crippen molar-refractivity contribution in [2.45, 2.75) is 34.1 Å². The van der Waals surface area contributed by atoms with Crippen LogP contribution in [-0.4, -0.2) is 10.4 Å². The second-order valence-electron chi connectivity index (χ2n) is 6.71. The third-order valence-electron chi connectivity index (χ3n) is 4.22. The Morgan fingerprint density at radius 3 is 2.60 bits per heavy atom. The fourth-order valence-electron chi connectivity index (χ4n) is 2.27. The molecule has 0 N–H and O–H groups in total. The van der Waals surface area contributed by atoms with Crippen LogP contribution in [0.4, 0.5) is 0 Å². The van der Waals surface area contributed by atoms with Gasteiger partial charge >= 0.3 is 0 Å². The summed E-state index contributed by atoms with van der Waals surface area (Å²) in [6.45, 7) is 8.66.